The van der Waals surface area contributed by atoms with Crippen molar-refractivity contribution in [1.82, 2.24) is 10.2 Å². The highest BCUT2D eigenvalue weighted by molar-refractivity contribution is 5.96. The molecule has 1 aromatic carbocycles. The quantitative estimate of drug-likeness (QED) is 0.431. The van der Waals surface area contributed by atoms with Gasteiger partial charge in [-0.15, -0.1) is 0 Å². The molecule has 2 rings (SSSR count). The summed E-state index contributed by atoms with van der Waals surface area (Å²) in [7, 11) is 0. The molecule has 2 amide bonds. The number of esters is 1. The Morgan fingerprint density at radius 1 is 1.33 bits per heavy atom. The Balaban J connectivity index is 1.83. The Hall–Kier alpha value is -3.01. The van der Waals surface area contributed by atoms with Crippen LogP contribution >= 0.6 is 0 Å². The predicted molar refractivity (Wildman–Crippen MR) is 93.1 cm³/mol. The first-order chi connectivity index (χ1) is 12.8. The Kier molecular flexibility index (Phi) is 6.83. The number of hydrogen-bond acceptors (Lipinski definition) is 7. The SMILES string of the molecule is Cc1cc(C(=O)NCC(=O)O[C@@H](C)C(=O)N2CCOCC2)ccc1[N+](=O)[O-]. The number of rotatable bonds is 6. The van der Waals surface area contributed by atoms with Crippen molar-refractivity contribution in [3.8, 4) is 0 Å². The molecule has 0 saturated carbocycles. The van der Waals surface area contributed by atoms with Crippen LogP contribution in [0.25, 0.3) is 0 Å². The molecule has 0 aromatic heterocycles. The number of aryl methyl sites for hydroxylation is 1. The van der Waals surface area contributed by atoms with Crippen LogP contribution in [0.15, 0.2) is 18.2 Å². The standard InChI is InChI=1S/C17H21N3O7/c1-11-9-13(3-4-14(11)20(24)25)16(22)18-10-15(21)27-12(2)17(23)19-5-7-26-8-6-19/h3-4,9,12H,5-8,10H2,1-2H3,(H,18,22)/t12-/m0/s1. The Morgan fingerprint density at radius 2 is 2.00 bits per heavy atom. The monoisotopic (exact) mass is 379 g/mol. The zero-order chi connectivity index (χ0) is 20.0. The summed E-state index contributed by atoms with van der Waals surface area (Å²) in [6.07, 6.45) is -0.964. The van der Waals surface area contributed by atoms with Crippen molar-refractivity contribution in [2.45, 2.75) is 20.0 Å². The predicted octanol–water partition coefficient (Wildman–Crippen LogP) is 0.424. The first kappa shape index (κ1) is 20.3. The van der Waals surface area contributed by atoms with Gasteiger partial charge in [0.15, 0.2) is 6.10 Å². The number of hydrogen-bond donors (Lipinski definition) is 1. The second-order valence-corrected chi connectivity index (χ2v) is 6.01. The van der Waals surface area contributed by atoms with Gasteiger partial charge in [0, 0.05) is 30.3 Å². The van der Waals surface area contributed by atoms with Gasteiger partial charge in [-0.05, 0) is 26.0 Å². The fourth-order valence-corrected chi connectivity index (χ4v) is 2.59. The van der Waals surface area contributed by atoms with E-state index in [0.717, 1.165) is 0 Å². The minimum Gasteiger partial charge on any atom is -0.451 e. The normalized spacial score (nSPS) is 15.0. The van der Waals surface area contributed by atoms with E-state index in [0.29, 0.717) is 31.9 Å². The summed E-state index contributed by atoms with van der Waals surface area (Å²) in [4.78, 5) is 47.9. The smallest absolute Gasteiger partial charge is 0.326 e. The summed E-state index contributed by atoms with van der Waals surface area (Å²) in [6, 6.07) is 3.89. The number of carbonyl (C=O) groups is 3. The van der Waals surface area contributed by atoms with Gasteiger partial charge >= 0.3 is 5.97 Å². The van der Waals surface area contributed by atoms with Gasteiger partial charge in [0.2, 0.25) is 0 Å². The molecule has 0 radical (unpaired) electrons. The molecule has 1 saturated heterocycles. The van der Waals surface area contributed by atoms with Crippen LogP contribution in [0.4, 0.5) is 5.69 Å². The summed E-state index contributed by atoms with van der Waals surface area (Å²) in [6.45, 7) is 4.33. The molecule has 0 aliphatic carbocycles. The maximum absolute atomic E-state index is 12.2. The highest BCUT2D eigenvalue weighted by atomic mass is 16.6. The van der Waals surface area contributed by atoms with Crippen molar-refractivity contribution in [2.24, 2.45) is 0 Å². The number of nitro groups is 1. The van der Waals surface area contributed by atoms with E-state index in [1.165, 1.54) is 32.0 Å². The van der Waals surface area contributed by atoms with Crippen LogP contribution in [-0.4, -0.2) is 66.6 Å². The molecule has 10 nitrogen and oxygen atoms in total. The number of nitrogens with one attached hydrogen (secondary N) is 1. The zero-order valence-corrected chi connectivity index (χ0v) is 15.1. The molecule has 1 fully saturated rings. The van der Waals surface area contributed by atoms with Crippen LogP contribution in [0.1, 0.15) is 22.8 Å². The highest BCUT2D eigenvalue weighted by Gasteiger charge is 2.25. The van der Waals surface area contributed by atoms with Crippen molar-refractivity contribution in [3.63, 3.8) is 0 Å². The van der Waals surface area contributed by atoms with Crippen molar-refractivity contribution in [1.29, 1.82) is 0 Å². The Morgan fingerprint density at radius 3 is 2.59 bits per heavy atom. The molecule has 0 spiro atoms. The molecule has 1 heterocycles. The third-order valence-electron chi connectivity index (χ3n) is 4.03. The van der Waals surface area contributed by atoms with Gasteiger partial charge in [-0.2, -0.15) is 0 Å². The molecule has 1 aromatic rings. The number of nitrogens with zero attached hydrogens (tertiary/aromatic N) is 2. The van der Waals surface area contributed by atoms with Crippen LogP contribution in [0.5, 0.6) is 0 Å². The molecule has 10 heteroatoms. The average molecular weight is 379 g/mol. The summed E-state index contributed by atoms with van der Waals surface area (Å²) in [5.41, 5.74) is 0.421. The lowest BCUT2D eigenvalue weighted by atomic mass is 10.1. The number of benzene rings is 1. The summed E-state index contributed by atoms with van der Waals surface area (Å²) >= 11 is 0. The Labute approximate surface area is 155 Å². The molecule has 1 aliphatic rings. The van der Waals surface area contributed by atoms with E-state index < -0.39 is 29.4 Å². The molecule has 0 unspecified atom stereocenters. The van der Waals surface area contributed by atoms with Crippen LogP contribution in [-0.2, 0) is 19.1 Å². The number of amides is 2. The molecule has 146 valence electrons. The molecule has 0 bridgehead atoms. The molecular weight excluding hydrogens is 358 g/mol. The first-order valence-corrected chi connectivity index (χ1v) is 8.39. The lowest BCUT2D eigenvalue weighted by Gasteiger charge is -2.28. The number of morpholine rings is 1. The maximum atomic E-state index is 12.2. The molecule has 27 heavy (non-hydrogen) atoms. The first-order valence-electron chi connectivity index (χ1n) is 8.39. The molecule has 1 aliphatic heterocycles. The Bertz CT molecular complexity index is 744. The van der Waals surface area contributed by atoms with Gasteiger partial charge < -0.3 is 19.7 Å². The van der Waals surface area contributed by atoms with Gasteiger partial charge in [-0.3, -0.25) is 24.5 Å². The van der Waals surface area contributed by atoms with E-state index >= 15 is 0 Å². The van der Waals surface area contributed by atoms with Crippen molar-refractivity contribution in [3.05, 3.63) is 39.4 Å². The van der Waals surface area contributed by atoms with Crippen molar-refractivity contribution in [2.75, 3.05) is 32.8 Å². The second-order valence-electron chi connectivity index (χ2n) is 6.01. The summed E-state index contributed by atoms with van der Waals surface area (Å²) < 4.78 is 10.2. The summed E-state index contributed by atoms with van der Waals surface area (Å²) in [5, 5.41) is 13.2. The van der Waals surface area contributed by atoms with Crippen molar-refractivity contribution >= 4 is 23.5 Å². The largest absolute Gasteiger partial charge is 0.451 e. The third-order valence-corrected chi connectivity index (χ3v) is 4.03. The fourth-order valence-electron chi connectivity index (χ4n) is 2.59. The zero-order valence-electron chi connectivity index (χ0n) is 15.1. The van der Waals surface area contributed by atoms with Gasteiger partial charge in [0.25, 0.3) is 17.5 Å². The summed E-state index contributed by atoms with van der Waals surface area (Å²) in [5.74, 6) is -1.64. The molecule has 1 atom stereocenters. The van der Waals surface area contributed by atoms with E-state index in [-0.39, 0.29) is 17.2 Å². The van der Waals surface area contributed by atoms with Crippen LogP contribution in [0, 0.1) is 17.0 Å². The van der Waals surface area contributed by atoms with Gasteiger partial charge in [0.1, 0.15) is 6.54 Å². The van der Waals surface area contributed by atoms with E-state index in [1.54, 1.807) is 4.90 Å². The van der Waals surface area contributed by atoms with E-state index in [2.05, 4.69) is 5.32 Å². The maximum Gasteiger partial charge on any atom is 0.326 e. The molecular formula is C17H21N3O7. The van der Waals surface area contributed by atoms with Gasteiger partial charge in [-0.25, -0.2) is 0 Å². The number of ether oxygens (including phenoxy) is 2. The van der Waals surface area contributed by atoms with Crippen LogP contribution in [0.2, 0.25) is 0 Å². The second kappa shape index (κ2) is 9.08. The van der Waals surface area contributed by atoms with Gasteiger partial charge in [0.05, 0.1) is 18.1 Å². The fraction of sp³-hybridized carbons (Fsp3) is 0.471. The van der Waals surface area contributed by atoms with E-state index in [9.17, 15) is 24.5 Å². The topological polar surface area (TPSA) is 128 Å². The minimum absolute atomic E-state index is 0.0959. The van der Waals surface area contributed by atoms with Crippen LogP contribution < -0.4 is 5.32 Å². The van der Waals surface area contributed by atoms with Crippen molar-refractivity contribution < 1.29 is 28.8 Å². The average Bonchev–Trinajstić information content (AvgIpc) is 2.65. The van der Waals surface area contributed by atoms with Crippen LogP contribution in [0.3, 0.4) is 0 Å². The molecule has 1 N–H and O–H groups in total. The van der Waals surface area contributed by atoms with E-state index in [1.807, 2.05) is 0 Å². The lowest BCUT2D eigenvalue weighted by molar-refractivity contribution is -0.385. The van der Waals surface area contributed by atoms with Gasteiger partial charge in [-0.1, -0.05) is 0 Å². The number of carbonyl (C=O) groups excluding carboxylic acids is 3. The lowest BCUT2D eigenvalue weighted by Crippen LogP contribution is -2.46. The minimum atomic E-state index is -0.964. The number of nitro benzene ring substituents is 1. The van der Waals surface area contributed by atoms with E-state index in [4.69, 9.17) is 9.47 Å². The highest BCUT2D eigenvalue weighted by Crippen LogP contribution is 2.18. The third kappa shape index (κ3) is 5.48.